The number of aromatic hydroxyl groups is 1. The first-order chi connectivity index (χ1) is 7.56. The first-order valence-electron chi connectivity index (χ1n) is 4.66. The summed E-state index contributed by atoms with van der Waals surface area (Å²) in [7, 11) is 0. The standard InChI is InChI=1S/C11H9ClFNO2/c1-6-11(16)7-4-9(13)8(12)5-10(7)14(6)2-3-15/h3-5,16H,2H2,1H3. The molecule has 1 heterocycles. The molecule has 3 nitrogen and oxygen atoms in total. The van der Waals surface area contributed by atoms with Crippen molar-refractivity contribution in [3.8, 4) is 5.75 Å². The zero-order valence-electron chi connectivity index (χ0n) is 8.50. The van der Waals surface area contributed by atoms with Crippen LogP contribution in [0.5, 0.6) is 5.75 Å². The number of hydrogen-bond donors (Lipinski definition) is 1. The average Bonchev–Trinajstić information content (AvgIpc) is 2.46. The molecular weight excluding hydrogens is 233 g/mol. The van der Waals surface area contributed by atoms with Crippen LogP contribution in [0.4, 0.5) is 4.39 Å². The zero-order valence-corrected chi connectivity index (χ0v) is 9.25. The Morgan fingerprint density at radius 1 is 1.56 bits per heavy atom. The summed E-state index contributed by atoms with van der Waals surface area (Å²) in [4.78, 5) is 10.5. The SMILES string of the molecule is Cc1c(O)c2cc(F)c(Cl)cc2n1CC=O. The molecule has 84 valence electrons. The van der Waals surface area contributed by atoms with Gasteiger partial charge in [0.05, 0.1) is 22.8 Å². The summed E-state index contributed by atoms with van der Waals surface area (Å²) in [6.45, 7) is 1.76. The molecule has 0 spiro atoms. The van der Waals surface area contributed by atoms with Crippen LogP contribution < -0.4 is 0 Å². The number of fused-ring (bicyclic) bond motifs is 1. The van der Waals surface area contributed by atoms with Crippen molar-refractivity contribution in [3.05, 3.63) is 28.7 Å². The van der Waals surface area contributed by atoms with Crippen molar-refractivity contribution >= 4 is 28.8 Å². The Hall–Kier alpha value is -1.55. The van der Waals surface area contributed by atoms with Crippen LogP contribution in [0.15, 0.2) is 12.1 Å². The molecule has 0 unspecified atom stereocenters. The van der Waals surface area contributed by atoms with Crippen LogP contribution >= 0.6 is 11.6 Å². The van der Waals surface area contributed by atoms with Crippen LogP contribution in [0.25, 0.3) is 10.9 Å². The van der Waals surface area contributed by atoms with Gasteiger partial charge in [0.25, 0.3) is 0 Å². The van der Waals surface area contributed by atoms with Crippen molar-refractivity contribution < 1.29 is 14.3 Å². The molecule has 0 radical (unpaired) electrons. The first-order valence-corrected chi connectivity index (χ1v) is 5.04. The Labute approximate surface area is 96.1 Å². The number of halogens is 2. The van der Waals surface area contributed by atoms with E-state index < -0.39 is 5.82 Å². The molecule has 0 amide bonds. The van der Waals surface area contributed by atoms with E-state index in [2.05, 4.69) is 0 Å². The predicted molar refractivity (Wildman–Crippen MR) is 59.4 cm³/mol. The van der Waals surface area contributed by atoms with Gasteiger partial charge in [-0.2, -0.15) is 0 Å². The van der Waals surface area contributed by atoms with Crippen LogP contribution in [0.2, 0.25) is 5.02 Å². The molecule has 0 bridgehead atoms. The molecule has 1 N–H and O–H groups in total. The number of benzene rings is 1. The minimum Gasteiger partial charge on any atom is -0.505 e. The van der Waals surface area contributed by atoms with Crippen molar-refractivity contribution in [2.24, 2.45) is 0 Å². The summed E-state index contributed by atoms with van der Waals surface area (Å²) >= 11 is 5.66. The van der Waals surface area contributed by atoms with Crippen LogP contribution in [-0.4, -0.2) is 16.0 Å². The number of nitrogens with zero attached hydrogens (tertiary/aromatic N) is 1. The molecule has 1 aromatic heterocycles. The second-order valence-electron chi connectivity index (χ2n) is 3.49. The normalized spacial score (nSPS) is 10.9. The number of rotatable bonds is 2. The largest absolute Gasteiger partial charge is 0.505 e. The topological polar surface area (TPSA) is 42.2 Å². The quantitative estimate of drug-likeness (QED) is 0.822. The van der Waals surface area contributed by atoms with Gasteiger partial charge in [-0.25, -0.2) is 4.39 Å². The van der Waals surface area contributed by atoms with E-state index in [1.54, 1.807) is 11.5 Å². The highest BCUT2D eigenvalue weighted by Crippen LogP contribution is 2.34. The maximum atomic E-state index is 13.2. The number of carbonyl (C=O) groups is 1. The lowest BCUT2D eigenvalue weighted by Crippen LogP contribution is -2.00. The van der Waals surface area contributed by atoms with Crippen molar-refractivity contribution in [3.63, 3.8) is 0 Å². The fourth-order valence-corrected chi connectivity index (χ4v) is 1.92. The summed E-state index contributed by atoms with van der Waals surface area (Å²) < 4.78 is 14.8. The molecule has 0 aliphatic rings. The second-order valence-corrected chi connectivity index (χ2v) is 3.90. The molecule has 0 fully saturated rings. The fourth-order valence-electron chi connectivity index (χ4n) is 1.76. The Morgan fingerprint density at radius 2 is 2.25 bits per heavy atom. The zero-order chi connectivity index (χ0) is 11.9. The van der Waals surface area contributed by atoms with Crippen LogP contribution in [0, 0.1) is 12.7 Å². The molecule has 0 aliphatic heterocycles. The number of aromatic nitrogens is 1. The maximum Gasteiger partial charge on any atom is 0.144 e. The molecular formula is C11H9ClFNO2. The summed E-state index contributed by atoms with van der Waals surface area (Å²) in [6.07, 6.45) is 0.711. The van der Waals surface area contributed by atoms with Crippen molar-refractivity contribution in [2.45, 2.75) is 13.5 Å². The van der Waals surface area contributed by atoms with Crippen LogP contribution in [-0.2, 0) is 11.3 Å². The highest BCUT2D eigenvalue weighted by atomic mass is 35.5. The van der Waals surface area contributed by atoms with E-state index in [1.165, 1.54) is 12.1 Å². The first kappa shape index (κ1) is 11.0. The number of hydrogen-bond acceptors (Lipinski definition) is 2. The minimum atomic E-state index is -0.590. The van der Waals surface area contributed by atoms with Gasteiger partial charge in [-0.15, -0.1) is 0 Å². The fraction of sp³-hybridized carbons (Fsp3) is 0.182. The van der Waals surface area contributed by atoms with Gasteiger partial charge >= 0.3 is 0 Å². The average molecular weight is 242 g/mol. The second kappa shape index (κ2) is 3.79. The summed E-state index contributed by atoms with van der Waals surface area (Å²) in [5.41, 5.74) is 1.07. The third kappa shape index (κ3) is 1.46. The Morgan fingerprint density at radius 3 is 2.88 bits per heavy atom. The van der Waals surface area contributed by atoms with E-state index in [9.17, 15) is 14.3 Å². The Kier molecular flexibility index (Phi) is 2.59. The van der Waals surface area contributed by atoms with Gasteiger partial charge in [0.2, 0.25) is 0 Å². The van der Waals surface area contributed by atoms with Gasteiger partial charge in [-0.05, 0) is 19.1 Å². The van der Waals surface area contributed by atoms with E-state index in [0.717, 1.165) is 0 Å². The maximum absolute atomic E-state index is 13.2. The third-order valence-electron chi connectivity index (χ3n) is 2.59. The van der Waals surface area contributed by atoms with Gasteiger partial charge in [-0.1, -0.05) is 11.6 Å². The molecule has 5 heteroatoms. The lowest BCUT2D eigenvalue weighted by molar-refractivity contribution is -0.108. The molecule has 0 aliphatic carbocycles. The Bertz CT molecular complexity index is 577. The highest BCUT2D eigenvalue weighted by Gasteiger charge is 2.15. The lowest BCUT2D eigenvalue weighted by Gasteiger charge is -2.02. The van der Waals surface area contributed by atoms with Gasteiger partial charge in [0.15, 0.2) is 0 Å². The van der Waals surface area contributed by atoms with Crippen LogP contribution in [0.1, 0.15) is 5.69 Å². The molecule has 2 aromatic rings. The molecule has 2 rings (SSSR count). The number of carbonyl (C=O) groups excluding carboxylic acids is 1. The third-order valence-corrected chi connectivity index (χ3v) is 2.88. The smallest absolute Gasteiger partial charge is 0.144 e. The predicted octanol–water partition coefficient (Wildman–Crippen LogP) is 2.65. The number of aldehydes is 1. The summed E-state index contributed by atoms with van der Waals surface area (Å²) in [5, 5.41) is 10.1. The van der Waals surface area contributed by atoms with E-state index in [0.29, 0.717) is 22.9 Å². The van der Waals surface area contributed by atoms with E-state index in [-0.39, 0.29) is 17.3 Å². The van der Waals surface area contributed by atoms with Gasteiger partial charge < -0.3 is 14.5 Å². The van der Waals surface area contributed by atoms with Gasteiger partial charge in [0, 0.05) is 5.39 Å². The summed E-state index contributed by atoms with van der Waals surface area (Å²) in [5.74, 6) is -0.611. The van der Waals surface area contributed by atoms with Gasteiger partial charge in [-0.3, -0.25) is 0 Å². The van der Waals surface area contributed by atoms with Crippen molar-refractivity contribution in [1.29, 1.82) is 0 Å². The monoisotopic (exact) mass is 241 g/mol. The molecule has 1 aromatic carbocycles. The molecule has 0 atom stereocenters. The molecule has 0 saturated carbocycles. The van der Waals surface area contributed by atoms with Crippen LogP contribution in [0.3, 0.4) is 0 Å². The highest BCUT2D eigenvalue weighted by molar-refractivity contribution is 6.31. The molecule has 16 heavy (non-hydrogen) atoms. The van der Waals surface area contributed by atoms with Gasteiger partial charge in [0.1, 0.15) is 17.9 Å². The Balaban J connectivity index is 2.85. The van der Waals surface area contributed by atoms with Crippen molar-refractivity contribution in [1.82, 2.24) is 4.57 Å². The van der Waals surface area contributed by atoms with E-state index in [4.69, 9.17) is 11.6 Å². The molecule has 0 saturated heterocycles. The van der Waals surface area contributed by atoms with Crippen molar-refractivity contribution in [2.75, 3.05) is 0 Å². The van der Waals surface area contributed by atoms with E-state index in [1.807, 2.05) is 0 Å². The minimum absolute atomic E-state index is 0.0209. The lowest BCUT2D eigenvalue weighted by atomic mass is 10.2. The van der Waals surface area contributed by atoms with E-state index >= 15 is 0 Å². The summed E-state index contributed by atoms with van der Waals surface area (Å²) in [6, 6.07) is 2.57.